The molecule has 1 aromatic rings. The highest BCUT2D eigenvalue weighted by molar-refractivity contribution is 7.09. The number of nitrogens with one attached hydrogen (secondary N) is 1. The van der Waals surface area contributed by atoms with Gasteiger partial charge in [0.05, 0.1) is 0 Å². The zero-order chi connectivity index (χ0) is 14.0. The molecule has 0 aliphatic rings. The minimum absolute atomic E-state index is 0.0678. The number of nitrogens with zero attached hydrogens (tertiary/aromatic N) is 2. The maximum atomic E-state index is 10.6. The van der Waals surface area contributed by atoms with E-state index in [2.05, 4.69) is 35.4 Å². The fourth-order valence-corrected chi connectivity index (χ4v) is 2.29. The second-order valence-corrected chi connectivity index (χ2v) is 6.83. The quantitative estimate of drug-likeness (QED) is 0.861. The summed E-state index contributed by atoms with van der Waals surface area (Å²) in [4.78, 5) is 15.0. The van der Waals surface area contributed by atoms with Gasteiger partial charge >= 0.3 is 5.97 Å². The standard InChI is InChI=1S/C12H21N3O2S/c1-11(2,3)9-13-10(18-15-9)14-12(4,5)7-6-8(16)17/h6-7H2,1-5H3,(H,16,17)(H,13,14,15). The molecule has 0 radical (unpaired) electrons. The fourth-order valence-electron chi connectivity index (χ4n) is 1.35. The van der Waals surface area contributed by atoms with Crippen LogP contribution in [0.15, 0.2) is 0 Å². The van der Waals surface area contributed by atoms with E-state index in [1.54, 1.807) is 0 Å². The molecule has 0 bridgehead atoms. The molecule has 0 amide bonds. The first-order valence-corrected chi connectivity index (χ1v) is 6.72. The van der Waals surface area contributed by atoms with Gasteiger partial charge in [0.25, 0.3) is 0 Å². The SMILES string of the molecule is CC(C)(CCC(=O)O)Nc1nc(C(C)(C)C)ns1. The number of rotatable bonds is 5. The lowest BCUT2D eigenvalue weighted by atomic mass is 9.96. The molecular formula is C12H21N3O2S. The third-order valence-corrected chi connectivity index (χ3v) is 3.14. The van der Waals surface area contributed by atoms with Crippen molar-refractivity contribution < 1.29 is 9.90 Å². The van der Waals surface area contributed by atoms with Crippen LogP contribution in [0.3, 0.4) is 0 Å². The van der Waals surface area contributed by atoms with Crippen molar-refractivity contribution in [1.82, 2.24) is 9.36 Å². The van der Waals surface area contributed by atoms with E-state index in [1.165, 1.54) is 11.5 Å². The molecule has 0 saturated carbocycles. The van der Waals surface area contributed by atoms with Gasteiger partial charge in [-0.1, -0.05) is 20.8 Å². The average Bonchev–Trinajstić information content (AvgIpc) is 2.62. The second kappa shape index (κ2) is 5.22. The summed E-state index contributed by atoms with van der Waals surface area (Å²) >= 11 is 1.32. The van der Waals surface area contributed by atoms with Gasteiger partial charge in [-0.05, 0) is 20.3 Å². The summed E-state index contributed by atoms with van der Waals surface area (Å²) in [5, 5.41) is 12.7. The number of hydrogen-bond acceptors (Lipinski definition) is 5. The molecule has 0 aliphatic carbocycles. The van der Waals surface area contributed by atoms with Crippen LogP contribution in [0.4, 0.5) is 5.13 Å². The van der Waals surface area contributed by atoms with Crippen LogP contribution in [0.2, 0.25) is 0 Å². The van der Waals surface area contributed by atoms with E-state index in [4.69, 9.17) is 5.11 Å². The monoisotopic (exact) mass is 271 g/mol. The Kier molecular flexibility index (Phi) is 4.32. The van der Waals surface area contributed by atoms with Crippen molar-refractivity contribution >= 4 is 22.6 Å². The molecule has 0 atom stereocenters. The van der Waals surface area contributed by atoms with Crippen LogP contribution >= 0.6 is 11.5 Å². The van der Waals surface area contributed by atoms with Gasteiger partial charge in [-0.15, -0.1) is 0 Å². The molecule has 1 rings (SSSR count). The van der Waals surface area contributed by atoms with Gasteiger partial charge in [-0.3, -0.25) is 4.79 Å². The molecule has 0 spiro atoms. The number of carboxylic acid groups (broad SMARTS) is 1. The molecule has 0 aliphatic heterocycles. The molecule has 0 fully saturated rings. The van der Waals surface area contributed by atoms with Crippen molar-refractivity contribution in [3.05, 3.63) is 5.82 Å². The topological polar surface area (TPSA) is 75.1 Å². The van der Waals surface area contributed by atoms with Gasteiger partial charge in [-0.2, -0.15) is 4.37 Å². The molecule has 0 aromatic carbocycles. The van der Waals surface area contributed by atoms with Gasteiger partial charge in [0.1, 0.15) is 5.82 Å². The van der Waals surface area contributed by atoms with Gasteiger partial charge in [0.2, 0.25) is 5.13 Å². The molecule has 0 saturated heterocycles. The third kappa shape index (κ3) is 4.60. The highest BCUT2D eigenvalue weighted by Crippen LogP contribution is 2.26. The minimum Gasteiger partial charge on any atom is -0.481 e. The van der Waals surface area contributed by atoms with Crippen molar-refractivity contribution in [1.29, 1.82) is 0 Å². The fraction of sp³-hybridized carbons (Fsp3) is 0.750. The number of carboxylic acids is 1. The number of aliphatic carboxylic acids is 1. The summed E-state index contributed by atoms with van der Waals surface area (Å²) in [6, 6.07) is 0. The smallest absolute Gasteiger partial charge is 0.303 e. The van der Waals surface area contributed by atoms with Gasteiger partial charge in [-0.25, -0.2) is 4.98 Å². The van der Waals surface area contributed by atoms with Crippen LogP contribution in [0, 0.1) is 0 Å². The van der Waals surface area contributed by atoms with Gasteiger partial charge < -0.3 is 10.4 Å². The molecule has 1 aromatic heterocycles. The molecule has 2 N–H and O–H groups in total. The third-order valence-electron chi connectivity index (χ3n) is 2.51. The summed E-state index contributed by atoms with van der Waals surface area (Å²) in [6.45, 7) is 10.1. The Labute approximate surface area is 112 Å². The maximum absolute atomic E-state index is 10.6. The zero-order valence-electron chi connectivity index (χ0n) is 11.6. The summed E-state index contributed by atoms with van der Waals surface area (Å²) in [5.41, 5.74) is -0.366. The van der Waals surface area contributed by atoms with E-state index < -0.39 is 5.97 Å². The van der Waals surface area contributed by atoms with Crippen LogP contribution in [0.25, 0.3) is 0 Å². The van der Waals surface area contributed by atoms with Crippen LogP contribution < -0.4 is 5.32 Å². The number of aromatic nitrogens is 2. The number of hydrogen-bond donors (Lipinski definition) is 2. The average molecular weight is 271 g/mol. The number of carbonyl (C=O) groups is 1. The van der Waals surface area contributed by atoms with Gasteiger partial charge in [0, 0.05) is 28.9 Å². The van der Waals surface area contributed by atoms with E-state index >= 15 is 0 Å². The first kappa shape index (κ1) is 14.9. The van der Waals surface area contributed by atoms with E-state index in [9.17, 15) is 4.79 Å². The Bertz CT molecular complexity index is 421. The van der Waals surface area contributed by atoms with E-state index in [0.29, 0.717) is 6.42 Å². The van der Waals surface area contributed by atoms with Gasteiger partial charge in [0.15, 0.2) is 0 Å². The Hall–Kier alpha value is -1.17. The first-order valence-electron chi connectivity index (χ1n) is 5.94. The van der Waals surface area contributed by atoms with Crippen molar-refractivity contribution in [3.8, 4) is 0 Å². The van der Waals surface area contributed by atoms with Crippen molar-refractivity contribution in [3.63, 3.8) is 0 Å². The lowest BCUT2D eigenvalue weighted by Gasteiger charge is -2.24. The number of anilines is 1. The molecular weight excluding hydrogens is 250 g/mol. The minimum atomic E-state index is -0.780. The molecule has 0 unspecified atom stereocenters. The molecule has 102 valence electrons. The lowest BCUT2D eigenvalue weighted by molar-refractivity contribution is -0.137. The maximum Gasteiger partial charge on any atom is 0.303 e. The van der Waals surface area contributed by atoms with Crippen molar-refractivity contribution in [2.24, 2.45) is 0 Å². The summed E-state index contributed by atoms with van der Waals surface area (Å²) in [7, 11) is 0. The summed E-state index contributed by atoms with van der Waals surface area (Å²) < 4.78 is 4.32. The Morgan fingerprint density at radius 1 is 1.33 bits per heavy atom. The van der Waals surface area contributed by atoms with E-state index in [1.807, 2.05) is 13.8 Å². The summed E-state index contributed by atoms with van der Waals surface area (Å²) in [6.07, 6.45) is 0.692. The van der Waals surface area contributed by atoms with E-state index in [0.717, 1.165) is 11.0 Å². The van der Waals surface area contributed by atoms with Crippen LogP contribution in [0.5, 0.6) is 0 Å². The zero-order valence-corrected chi connectivity index (χ0v) is 12.4. The highest BCUT2D eigenvalue weighted by atomic mass is 32.1. The Morgan fingerprint density at radius 3 is 2.39 bits per heavy atom. The van der Waals surface area contributed by atoms with Crippen LogP contribution in [-0.2, 0) is 10.2 Å². The van der Waals surface area contributed by atoms with Crippen molar-refractivity contribution in [2.45, 2.75) is 58.4 Å². The lowest BCUT2D eigenvalue weighted by Crippen LogP contribution is -2.31. The molecule has 5 nitrogen and oxygen atoms in total. The Balaban J connectivity index is 2.66. The largest absolute Gasteiger partial charge is 0.481 e. The first-order chi connectivity index (χ1) is 8.10. The molecule has 18 heavy (non-hydrogen) atoms. The Morgan fingerprint density at radius 2 is 1.94 bits per heavy atom. The molecule has 6 heteroatoms. The van der Waals surface area contributed by atoms with Crippen LogP contribution in [0.1, 0.15) is 53.3 Å². The summed E-state index contributed by atoms with van der Waals surface area (Å²) in [5.74, 6) is 0.0292. The normalized spacial score (nSPS) is 12.5. The van der Waals surface area contributed by atoms with Crippen molar-refractivity contribution in [2.75, 3.05) is 5.32 Å². The molecule has 1 heterocycles. The predicted molar refractivity (Wildman–Crippen MR) is 73.2 cm³/mol. The highest BCUT2D eigenvalue weighted by Gasteiger charge is 2.23. The van der Waals surface area contributed by atoms with E-state index in [-0.39, 0.29) is 17.4 Å². The van der Waals surface area contributed by atoms with Crippen LogP contribution in [-0.4, -0.2) is 26.0 Å². The second-order valence-electron chi connectivity index (χ2n) is 6.08. The predicted octanol–water partition coefficient (Wildman–Crippen LogP) is 2.89.